The average Bonchev–Trinajstić information content (AvgIpc) is 2.46. The lowest BCUT2D eigenvalue weighted by molar-refractivity contribution is 0.0962. The Morgan fingerprint density at radius 2 is 1.89 bits per heavy atom. The van der Waals surface area contributed by atoms with Crippen molar-refractivity contribution in [1.29, 1.82) is 0 Å². The largest absolute Gasteiger partial charge is 0.488 e. The van der Waals surface area contributed by atoms with Gasteiger partial charge in [0, 0.05) is 18.0 Å². The highest BCUT2D eigenvalue weighted by Crippen LogP contribution is 1.99. The van der Waals surface area contributed by atoms with Gasteiger partial charge in [-0.2, -0.15) is 0 Å². The smallest absolute Gasteiger partial charge is 0.423 e. The highest BCUT2D eigenvalue weighted by atomic mass is 16.4. The van der Waals surface area contributed by atoms with Crippen molar-refractivity contribution in [2.45, 2.75) is 0 Å². The molecule has 1 heterocycles. The lowest BCUT2D eigenvalue weighted by Crippen LogP contribution is -2.32. The molecule has 0 atom stereocenters. The first-order chi connectivity index (χ1) is 9.16. The van der Waals surface area contributed by atoms with Crippen LogP contribution < -0.4 is 16.3 Å². The van der Waals surface area contributed by atoms with Gasteiger partial charge >= 0.3 is 7.12 Å². The quantitative estimate of drug-likeness (QED) is 0.410. The third-order valence-electron chi connectivity index (χ3n) is 2.34. The van der Waals surface area contributed by atoms with Crippen LogP contribution in [0.3, 0.4) is 0 Å². The van der Waals surface area contributed by atoms with Crippen LogP contribution in [0.5, 0.6) is 0 Å². The van der Waals surface area contributed by atoms with Gasteiger partial charge in [-0.25, -0.2) is 4.98 Å². The number of hydrogen-bond donors (Lipinski definition) is 4. The lowest BCUT2D eigenvalue weighted by Gasteiger charge is -2.07. The molecule has 1 aromatic carbocycles. The van der Waals surface area contributed by atoms with Gasteiger partial charge in [0.25, 0.3) is 5.91 Å². The Labute approximate surface area is 109 Å². The van der Waals surface area contributed by atoms with Gasteiger partial charge in [-0.3, -0.25) is 20.6 Å². The lowest BCUT2D eigenvalue weighted by atomic mass is 9.80. The molecule has 1 aromatic heterocycles. The third-order valence-corrected chi connectivity index (χ3v) is 2.34. The number of benzene rings is 1. The van der Waals surface area contributed by atoms with E-state index >= 15 is 0 Å². The van der Waals surface area contributed by atoms with Gasteiger partial charge in [0.15, 0.2) is 5.82 Å². The SMILES string of the molecule is O=C(NNc1cnccn1)c1ccc(B(O)O)cc1. The van der Waals surface area contributed by atoms with Crippen molar-refractivity contribution in [3.63, 3.8) is 0 Å². The standard InChI is InChI=1S/C11H11BN4O3/c17-11(16-15-10-7-13-5-6-14-10)8-1-3-9(4-2-8)12(18)19/h1-7,18-19H,(H,14,15)(H,16,17). The number of carbonyl (C=O) groups is 1. The number of hydrazine groups is 1. The molecular formula is C11H11BN4O3. The van der Waals surface area contributed by atoms with Gasteiger partial charge in [0.2, 0.25) is 0 Å². The molecule has 0 spiro atoms. The molecule has 1 amide bonds. The zero-order chi connectivity index (χ0) is 13.7. The normalized spacial score (nSPS) is 9.79. The Morgan fingerprint density at radius 1 is 1.16 bits per heavy atom. The average molecular weight is 258 g/mol. The molecule has 0 aliphatic rings. The summed E-state index contributed by atoms with van der Waals surface area (Å²) in [7, 11) is -1.55. The molecule has 0 saturated heterocycles. The van der Waals surface area contributed by atoms with Crippen LogP contribution in [0.1, 0.15) is 10.4 Å². The van der Waals surface area contributed by atoms with Crippen LogP contribution in [0.4, 0.5) is 5.82 Å². The number of amides is 1. The Morgan fingerprint density at radius 3 is 2.47 bits per heavy atom. The monoisotopic (exact) mass is 258 g/mol. The van der Waals surface area contributed by atoms with Gasteiger partial charge in [-0.1, -0.05) is 12.1 Å². The van der Waals surface area contributed by atoms with E-state index in [1.165, 1.54) is 42.9 Å². The molecule has 0 bridgehead atoms. The van der Waals surface area contributed by atoms with Crippen molar-refractivity contribution in [3.05, 3.63) is 48.4 Å². The molecule has 0 aliphatic carbocycles. The molecule has 19 heavy (non-hydrogen) atoms. The van der Waals surface area contributed by atoms with Crippen molar-refractivity contribution >= 4 is 24.3 Å². The second-order valence-electron chi connectivity index (χ2n) is 3.67. The molecule has 0 fully saturated rings. The summed E-state index contributed by atoms with van der Waals surface area (Å²) in [5.41, 5.74) is 5.75. The fourth-order valence-electron chi connectivity index (χ4n) is 1.36. The zero-order valence-corrected chi connectivity index (χ0v) is 9.82. The number of aromatic nitrogens is 2. The number of rotatable bonds is 4. The molecule has 0 saturated carbocycles. The molecular weight excluding hydrogens is 247 g/mol. The second kappa shape index (κ2) is 5.94. The Bertz CT molecular complexity index is 548. The predicted octanol–water partition coefficient (Wildman–Crippen LogP) is -1.09. The van der Waals surface area contributed by atoms with E-state index in [0.717, 1.165) is 0 Å². The maximum absolute atomic E-state index is 11.8. The van der Waals surface area contributed by atoms with Crippen molar-refractivity contribution in [3.8, 4) is 0 Å². The fourth-order valence-corrected chi connectivity index (χ4v) is 1.36. The Hall–Kier alpha value is -2.45. The van der Waals surface area contributed by atoms with Crippen LogP contribution in [0.15, 0.2) is 42.9 Å². The molecule has 0 radical (unpaired) electrons. The van der Waals surface area contributed by atoms with Gasteiger partial charge in [0.1, 0.15) is 0 Å². The van der Waals surface area contributed by atoms with E-state index in [2.05, 4.69) is 20.8 Å². The first-order valence-electron chi connectivity index (χ1n) is 5.45. The van der Waals surface area contributed by atoms with Crippen LogP contribution >= 0.6 is 0 Å². The maximum Gasteiger partial charge on any atom is 0.488 e. The Kier molecular flexibility index (Phi) is 4.06. The van der Waals surface area contributed by atoms with Crippen LogP contribution in [-0.2, 0) is 0 Å². The maximum atomic E-state index is 11.8. The summed E-state index contributed by atoms with van der Waals surface area (Å²) in [5.74, 6) is 0.0443. The van der Waals surface area contributed by atoms with Crippen LogP contribution in [0.2, 0.25) is 0 Å². The first-order valence-corrected chi connectivity index (χ1v) is 5.45. The summed E-state index contributed by atoms with van der Waals surface area (Å²) in [6.07, 6.45) is 4.48. The van der Waals surface area contributed by atoms with E-state index in [0.29, 0.717) is 16.8 Å². The van der Waals surface area contributed by atoms with Gasteiger partial charge in [-0.05, 0) is 17.6 Å². The summed E-state index contributed by atoms with van der Waals surface area (Å²) in [4.78, 5) is 19.5. The van der Waals surface area contributed by atoms with Crippen molar-refractivity contribution in [2.75, 3.05) is 5.43 Å². The van der Waals surface area contributed by atoms with Gasteiger partial charge < -0.3 is 10.0 Å². The Balaban J connectivity index is 1.96. The summed E-state index contributed by atoms with van der Waals surface area (Å²) in [6.45, 7) is 0. The minimum atomic E-state index is -1.55. The van der Waals surface area contributed by atoms with E-state index in [1.807, 2.05) is 0 Å². The third kappa shape index (κ3) is 3.51. The number of carbonyl (C=O) groups excluding carboxylic acids is 1. The summed E-state index contributed by atoms with van der Waals surface area (Å²) in [6, 6.07) is 5.90. The number of nitrogens with one attached hydrogen (secondary N) is 2. The summed E-state index contributed by atoms with van der Waals surface area (Å²) < 4.78 is 0. The number of nitrogens with zero attached hydrogens (tertiary/aromatic N) is 2. The highest BCUT2D eigenvalue weighted by Gasteiger charge is 2.11. The van der Waals surface area contributed by atoms with Gasteiger partial charge in [0.05, 0.1) is 6.20 Å². The second-order valence-corrected chi connectivity index (χ2v) is 3.67. The molecule has 8 heteroatoms. The number of anilines is 1. The highest BCUT2D eigenvalue weighted by molar-refractivity contribution is 6.58. The van der Waals surface area contributed by atoms with Gasteiger partial charge in [-0.15, -0.1) is 0 Å². The molecule has 2 rings (SSSR count). The van der Waals surface area contributed by atoms with E-state index < -0.39 is 7.12 Å². The number of hydrogen-bond acceptors (Lipinski definition) is 6. The van der Waals surface area contributed by atoms with Crippen molar-refractivity contribution < 1.29 is 14.8 Å². The van der Waals surface area contributed by atoms with E-state index in [-0.39, 0.29) is 5.91 Å². The minimum Gasteiger partial charge on any atom is -0.423 e. The molecule has 4 N–H and O–H groups in total. The predicted molar refractivity (Wildman–Crippen MR) is 69.4 cm³/mol. The van der Waals surface area contributed by atoms with Crippen LogP contribution in [0, 0.1) is 0 Å². The topological polar surface area (TPSA) is 107 Å². The summed E-state index contributed by atoms with van der Waals surface area (Å²) in [5, 5.41) is 17.9. The zero-order valence-electron chi connectivity index (χ0n) is 9.82. The van der Waals surface area contributed by atoms with Crippen LogP contribution in [0.25, 0.3) is 0 Å². The van der Waals surface area contributed by atoms with E-state index in [1.54, 1.807) is 0 Å². The van der Waals surface area contributed by atoms with Crippen molar-refractivity contribution in [2.24, 2.45) is 0 Å². The molecule has 2 aromatic rings. The summed E-state index contributed by atoms with van der Waals surface area (Å²) >= 11 is 0. The minimum absolute atomic E-state index is 0.318. The van der Waals surface area contributed by atoms with Crippen LogP contribution in [-0.4, -0.2) is 33.0 Å². The molecule has 96 valence electrons. The van der Waals surface area contributed by atoms with Crippen molar-refractivity contribution in [1.82, 2.24) is 15.4 Å². The molecule has 0 aliphatic heterocycles. The first kappa shape index (κ1) is 13.0. The van der Waals surface area contributed by atoms with E-state index in [4.69, 9.17) is 10.0 Å². The molecule has 7 nitrogen and oxygen atoms in total. The van der Waals surface area contributed by atoms with E-state index in [9.17, 15) is 4.79 Å². The molecule has 0 unspecified atom stereocenters. The fraction of sp³-hybridized carbons (Fsp3) is 0.